The van der Waals surface area contributed by atoms with Gasteiger partial charge < -0.3 is 9.47 Å². The van der Waals surface area contributed by atoms with Gasteiger partial charge in [0.15, 0.2) is 0 Å². The predicted molar refractivity (Wildman–Crippen MR) is 69.2 cm³/mol. The molecule has 0 spiro atoms. The summed E-state index contributed by atoms with van der Waals surface area (Å²) < 4.78 is 11.3. The second-order valence-electron chi connectivity index (χ2n) is 4.39. The summed E-state index contributed by atoms with van der Waals surface area (Å²) >= 11 is 0. The highest BCUT2D eigenvalue weighted by Crippen LogP contribution is 2.13. The molecule has 98 valence electrons. The van der Waals surface area contributed by atoms with Crippen LogP contribution in [0.25, 0.3) is 0 Å². The summed E-state index contributed by atoms with van der Waals surface area (Å²) in [6.07, 6.45) is 0.932. The molecule has 1 aliphatic heterocycles. The number of morpholine rings is 1. The van der Waals surface area contributed by atoms with Crippen molar-refractivity contribution in [2.75, 3.05) is 32.8 Å². The number of aldehydes is 1. The number of likely N-dealkylation sites (N-methyl/N-ethyl adjacent to an activating group) is 1. The van der Waals surface area contributed by atoms with Gasteiger partial charge in [0.2, 0.25) is 0 Å². The van der Waals surface area contributed by atoms with Gasteiger partial charge in [-0.05, 0) is 18.7 Å². The number of carbonyl (C=O) groups is 1. The van der Waals surface area contributed by atoms with Crippen molar-refractivity contribution in [1.82, 2.24) is 4.90 Å². The molecule has 1 aromatic carbocycles. The number of nitrogens with zero attached hydrogens (tertiary/aromatic N) is 1. The molecule has 1 aliphatic rings. The average Bonchev–Trinajstić information content (AvgIpc) is 2.45. The summed E-state index contributed by atoms with van der Waals surface area (Å²) in [6.45, 7) is 6.38. The molecule has 1 saturated heterocycles. The molecule has 0 bridgehead atoms. The first-order valence-electron chi connectivity index (χ1n) is 6.34. The molecule has 4 heteroatoms. The van der Waals surface area contributed by atoms with Gasteiger partial charge in [0.1, 0.15) is 24.7 Å². The zero-order chi connectivity index (χ0) is 12.8. The minimum atomic E-state index is 0.110. The summed E-state index contributed by atoms with van der Waals surface area (Å²) in [4.78, 5) is 13.0. The van der Waals surface area contributed by atoms with Gasteiger partial charge in [-0.15, -0.1) is 0 Å². The molecule has 0 aromatic heterocycles. The van der Waals surface area contributed by atoms with Gasteiger partial charge in [-0.2, -0.15) is 0 Å². The quantitative estimate of drug-likeness (QED) is 0.743. The van der Waals surface area contributed by atoms with Gasteiger partial charge in [-0.25, -0.2) is 0 Å². The van der Waals surface area contributed by atoms with Crippen LogP contribution in [-0.4, -0.2) is 50.1 Å². The van der Waals surface area contributed by atoms with Crippen LogP contribution in [-0.2, 0) is 4.74 Å². The molecule has 0 radical (unpaired) electrons. The Balaban J connectivity index is 1.84. The highest BCUT2D eigenvalue weighted by molar-refractivity contribution is 5.75. The molecule has 1 aromatic rings. The standard InChI is InChI=1S/C14H19NO3/c1-2-15-6-7-17-14(9-15)11-18-13-5-3-4-12(8-13)10-16/h3-5,8,10,14H,2,6-7,9,11H2,1H3. The number of carbonyl (C=O) groups excluding carboxylic acids is 1. The van der Waals surface area contributed by atoms with Gasteiger partial charge in [0.25, 0.3) is 0 Å². The van der Waals surface area contributed by atoms with Gasteiger partial charge in [-0.3, -0.25) is 9.69 Å². The lowest BCUT2D eigenvalue weighted by molar-refractivity contribution is -0.0464. The molecule has 2 rings (SSSR count). The molecule has 4 nitrogen and oxygen atoms in total. The van der Waals surface area contributed by atoms with Crippen LogP contribution in [0.4, 0.5) is 0 Å². The zero-order valence-electron chi connectivity index (χ0n) is 10.7. The van der Waals surface area contributed by atoms with Crippen LogP contribution in [0.3, 0.4) is 0 Å². The van der Waals surface area contributed by atoms with E-state index in [1.165, 1.54) is 0 Å². The van der Waals surface area contributed by atoms with E-state index in [0.29, 0.717) is 12.2 Å². The lowest BCUT2D eigenvalue weighted by atomic mass is 10.2. The van der Waals surface area contributed by atoms with E-state index in [0.717, 1.165) is 38.3 Å². The topological polar surface area (TPSA) is 38.8 Å². The Bertz CT molecular complexity index is 394. The lowest BCUT2D eigenvalue weighted by Crippen LogP contribution is -2.44. The SMILES string of the molecule is CCN1CCOC(COc2cccc(C=O)c2)C1. The smallest absolute Gasteiger partial charge is 0.150 e. The van der Waals surface area contributed by atoms with Crippen molar-refractivity contribution >= 4 is 6.29 Å². The fraction of sp³-hybridized carbons (Fsp3) is 0.500. The maximum absolute atomic E-state index is 10.7. The van der Waals surface area contributed by atoms with E-state index in [4.69, 9.17) is 9.47 Å². The Labute approximate surface area is 107 Å². The van der Waals surface area contributed by atoms with Crippen LogP contribution in [0.2, 0.25) is 0 Å². The Hall–Kier alpha value is -1.39. The van der Waals surface area contributed by atoms with Crippen LogP contribution < -0.4 is 4.74 Å². The summed E-state index contributed by atoms with van der Waals surface area (Å²) in [5.41, 5.74) is 0.632. The van der Waals surface area contributed by atoms with Crippen LogP contribution in [0.15, 0.2) is 24.3 Å². The highest BCUT2D eigenvalue weighted by Gasteiger charge is 2.19. The largest absolute Gasteiger partial charge is 0.491 e. The van der Waals surface area contributed by atoms with E-state index in [1.807, 2.05) is 12.1 Å². The minimum Gasteiger partial charge on any atom is -0.491 e. The van der Waals surface area contributed by atoms with Crippen molar-refractivity contribution in [3.05, 3.63) is 29.8 Å². The Morgan fingerprint density at radius 3 is 3.22 bits per heavy atom. The van der Waals surface area contributed by atoms with Gasteiger partial charge in [0, 0.05) is 18.7 Å². The number of hydrogen-bond donors (Lipinski definition) is 0. The summed E-state index contributed by atoms with van der Waals surface area (Å²) in [7, 11) is 0. The normalized spacial score (nSPS) is 20.6. The monoisotopic (exact) mass is 249 g/mol. The molecule has 0 saturated carbocycles. The molecular formula is C14H19NO3. The maximum Gasteiger partial charge on any atom is 0.150 e. The average molecular weight is 249 g/mol. The Morgan fingerprint density at radius 1 is 1.56 bits per heavy atom. The molecule has 1 unspecified atom stereocenters. The van der Waals surface area contributed by atoms with Crippen LogP contribution in [0, 0.1) is 0 Å². The van der Waals surface area contributed by atoms with Crippen LogP contribution in [0.5, 0.6) is 5.75 Å². The first-order valence-corrected chi connectivity index (χ1v) is 6.34. The molecular weight excluding hydrogens is 230 g/mol. The minimum absolute atomic E-state index is 0.110. The van der Waals surface area contributed by atoms with Crippen LogP contribution >= 0.6 is 0 Å². The summed E-state index contributed by atoms with van der Waals surface area (Å²) in [6, 6.07) is 7.18. The van der Waals surface area contributed by atoms with Gasteiger partial charge >= 0.3 is 0 Å². The molecule has 1 heterocycles. The molecule has 1 fully saturated rings. The summed E-state index contributed by atoms with van der Waals surface area (Å²) in [5, 5.41) is 0. The number of ether oxygens (including phenoxy) is 2. The van der Waals surface area contributed by atoms with Crippen LogP contribution in [0.1, 0.15) is 17.3 Å². The first-order chi connectivity index (χ1) is 8.81. The third-order valence-electron chi connectivity index (χ3n) is 3.10. The highest BCUT2D eigenvalue weighted by atomic mass is 16.5. The van der Waals surface area contributed by atoms with E-state index in [2.05, 4.69) is 11.8 Å². The molecule has 18 heavy (non-hydrogen) atoms. The second kappa shape index (κ2) is 6.52. The number of rotatable bonds is 5. The van der Waals surface area contributed by atoms with Crippen molar-refractivity contribution in [2.45, 2.75) is 13.0 Å². The Morgan fingerprint density at radius 2 is 2.44 bits per heavy atom. The van der Waals surface area contributed by atoms with Crippen molar-refractivity contribution in [2.24, 2.45) is 0 Å². The second-order valence-corrected chi connectivity index (χ2v) is 4.39. The molecule has 1 atom stereocenters. The van der Waals surface area contributed by atoms with E-state index in [1.54, 1.807) is 12.1 Å². The van der Waals surface area contributed by atoms with E-state index in [-0.39, 0.29) is 6.10 Å². The van der Waals surface area contributed by atoms with Gasteiger partial charge in [0.05, 0.1) is 6.61 Å². The zero-order valence-corrected chi connectivity index (χ0v) is 10.7. The van der Waals surface area contributed by atoms with Crippen molar-refractivity contribution < 1.29 is 14.3 Å². The van der Waals surface area contributed by atoms with Gasteiger partial charge in [-0.1, -0.05) is 19.1 Å². The van der Waals surface area contributed by atoms with Crippen molar-refractivity contribution in [3.8, 4) is 5.75 Å². The maximum atomic E-state index is 10.7. The fourth-order valence-corrected chi connectivity index (χ4v) is 2.04. The number of hydrogen-bond acceptors (Lipinski definition) is 4. The lowest BCUT2D eigenvalue weighted by Gasteiger charge is -2.31. The summed E-state index contributed by atoms with van der Waals surface area (Å²) in [5.74, 6) is 0.719. The van der Waals surface area contributed by atoms with E-state index < -0.39 is 0 Å². The van der Waals surface area contributed by atoms with E-state index >= 15 is 0 Å². The Kier molecular flexibility index (Phi) is 4.73. The predicted octanol–water partition coefficient (Wildman–Crippen LogP) is 1.60. The molecule has 0 N–H and O–H groups in total. The van der Waals surface area contributed by atoms with Crippen molar-refractivity contribution in [3.63, 3.8) is 0 Å². The van der Waals surface area contributed by atoms with Crippen molar-refractivity contribution in [1.29, 1.82) is 0 Å². The molecule has 0 amide bonds. The third kappa shape index (κ3) is 3.55. The molecule has 0 aliphatic carbocycles. The van der Waals surface area contributed by atoms with E-state index in [9.17, 15) is 4.79 Å². The first kappa shape index (κ1) is 13.1. The fourth-order valence-electron chi connectivity index (χ4n) is 2.04. The third-order valence-corrected chi connectivity index (χ3v) is 3.10. The number of benzene rings is 1.